The maximum Gasteiger partial charge on any atom is 0.416 e. The number of aromatic nitrogens is 3. The fourth-order valence-corrected chi connectivity index (χ4v) is 2.17. The summed E-state index contributed by atoms with van der Waals surface area (Å²) in [6.45, 7) is 0. The van der Waals surface area contributed by atoms with Gasteiger partial charge in [-0.1, -0.05) is 17.7 Å². The molecule has 0 saturated heterocycles. The van der Waals surface area contributed by atoms with E-state index in [-0.39, 0.29) is 5.15 Å². The van der Waals surface area contributed by atoms with Crippen LogP contribution in [0.5, 0.6) is 0 Å². The molecule has 122 valence electrons. The van der Waals surface area contributed by atoms with Crippen molar-refractivity contribution in [1.29, 1.82) is 0 Å². The van der Waals surface area contributed by atoms with Crippen molar-refractivity contribution in [3.05, 3.63) is 65.4 Å². The second kappa shape index (κ2) is 6.45. The molecular weight excluding hydrogens is 341 g/mol. The first-order valence-electron chi connectivity index (χ1n) is 6.82. The minimum Gasteiger partial charge on any atom is -0.340 e. The molecule has 0 bridgehead atoms. The number of nitrogens with one attached hydrogen (secondary N) is 1. The first kappa shape index (κ1) is 16.2. The molecule has 2 heterocycles. The number of nitrogens with zero attached hydrogens (tertiary/aromatic N) is 3. The van der Waals surface area contributed by atoms with Gasteiger partial charge in [0.1, 0.15) is 16.7 Å². The Balaban J connectivity index is 1.87. The molecule has 0 radical (unpaired) electrons. The maximum absolute atomic E-state index is 12.6. The largest absolute Gasteiger partial charge is 0.416 e. The second-order valence-corrected chi connectivity index (χ2v) is 5.20. The maximum atomic E-state index is 12.6. The van der Waals surface area contributed by atoms with Crippen molar-refractivity contribution in [2.24, 2.45) is 0 Å². The molecule has 1 N–H and O–H groups in total. The van der Waals surface area contributed by atoms with Gasteiger partial charge in [-0.25, -0.2) is 9.97 Å². The summed E-state index contributed by atoms with van der Waals surface area (Å²) in [5.41, 5.74) is 0.267. The average molecular weight is 351 g/mol. The molecule has 1 aromatic carbocycles. The Kier molecular flexibility index (Phi) is 4.35. The van der Waals surface area contributed by atoms with Crippen LogP contribution in [-0.4, -0.2) is 15.0 Å². The lowest BCUT2D eigenvalue weighted by Gasteiger charge is -2.10. The quantitative estimate of drug-likeness (QED) is 0.679. The summed E-state index contributed by atoms with van der Waals surface area (Å²) in [6, 6.07) is 11.4. The van der Waals surface area contributed by atoms with Gasteiger partial charge in [0.05, 0.1) is 5.56 Å². The zero-order valence-electron chi connectivity index (χ0n) is 12.0. The molecule has 0 unspecified atom stereocenters. The van der Waals surface area contributed by atoms with Gasteiger partial charge in [-0.2, -0.15) is 13.2 Å². The Labute approximate surface area is 140 Å². The van der Waals surface area contributed by atoms with Gasteiger partial charge in [0.25, 0.3) is 0 Å². The molecule has 2 aromatic heterocycles. The highest BCUT2D eigenvalue weighted by atomic mass is 35.5. The zero-order chi connectivity index (χ0) is 17.2. The van der Waals surface area contributed by atoms with Crippen molar-refractivity contribution in [3.63, 3.8) is 0 Å². The summed E-state index contributed by atoms with van der Waals surface area (Å²) in [4.78, 5) is 12.5. The van der Waals surface area contributed by atoms with Gasteiger partial charge in [-0.3, -0.25) is 4.98 Å². The lowest BCUT2D eigenvalue weighted by molar-refractivity contribution is -0.137. The Hall–Kier alpha value is -2.67. The summed E-state index contributed by atoms with van der Waals surface area (Å²) in [7, 11) is 0. The number of hydrogen-bond donors (Lipinski definition) is 1. The van der Waals surface area contributed by atoms with E-state index < -0.39 is 11.7 Å². The van der Waals surface area contributed by atoms with E-state index >= 15 is 0 Å². The molecule has 0 aliphatic heterocycles. The third kappa shape index (κ3) is 3.80. The first-order chi connectivity index (χ1) is 11.4. The van der Waals surface area contributed by atoms with E-state index in [4.69, 9.17) is 11.6 Å². The molecule has 24 heavy (non-hydrogen) atoms. The lowest BCUT2D eigenvalue weighted by Crippen LogP contribution is -2.04. The molecule has 0 fully saturated rings. The molecule has 0 atom stereocenters. The van der Waals surface area contributed by atoms with Gasteiger partial charge in [0.2, 0.25) is 0 Å². The normalized spacial score (nSPS) is 11.3. The standard InChI is InChI=1S/C16H10ClF3N4/c17-13-9-14(24-15(23-13)12-3-1-2-8-21-12)22-11-6-4-10(5-7-11)16(18,19)20/h1-9H,(H,22,23,24). The van der Waals surface area contributed by atoms with Crippen LogP contribution < -0.4 is 5.32 Å². The number of rotatable bonds is 3. The molecular formula is C16H10ClF3N4. The van der Waals surface area contributed by atoms with Crippen LogP contribution in [0.2, 0.25) is 5.15 Å². The summed E-state index contributed by atoms with van der Waals surface area (Å²) < 4.78 is 37.7. The van der Waals surface area contributed by atoms with Crippen LogP contribution in [0, 0.1) is 0 Å². The van der Waals surface area contributed by atoms with Gasteiger partial charge in [-0.15, -0.1) is 0 Å². The SMILES string of the molecule is FC(F)(F)c1ccc(Nc2cc(Cl)nc(-c3ccccn3)n2)cc1. The highest BCUT2D eigenvalue weighted by Gasteiger charge is 2.29. The number of anilines is 2. The number of halogens is 4. The first-order valence-corrected chi connectivity index (χ1v) is 7.20. The molecule has 8 heteroatoms. The summed E-state index contributed by atoms with van der Waals surface area (Å²) in [5.74, 6) is 0.674. The van der Waals surface area contributed by atoms with Crippen LogP contribution in [0.1, 0.15) is 5.56 Å². The second-order valence-electron chi connectivity index (χ2n) is 4.81. The third-order valence-corrected chi connectivity index (χ3v) is 3.27. The fourth-order valence-electron chi connectivity index (χ4n) is 1.98. The Morgan fingerprint density at radius 1 is 0.958 bits per heavy atom. The van der Waals surface area contributed by atoms with Crippen LogP contribution in [0.4, 0.5) is 24.7 Å². The van der Waals surface area contributed by atoms with Crippen molar-refractivity contribution in [3.8, 4) is 11.5 Å². The monoisotopic (exact) mass is 350 g/mol. The fraction of sp³-hybridized carbons (Fsp3) is 0.0625. The highest BCUT2D eigenvalue weighted by Crippen LogP contribution is 2.30. The smallest absolute Gasteiger partial charge is 0.340 e. The van der Waals surface area contributed by atoms with E-state index in [1.54, 1.807) is 24.4 Å². The van der Waals surface area contributed by atoms with Crippen molar-refractivity contribution in [2.75, 3.05) is 5.32 Å². The van der Waals surface area contributed by atoms with Crippen LogP contribution in [0.15, 0.2) is 54.7 Å². The van der Waals surface area contributed by atoms with E-state index in [1.807, 2.05) is 0 Å². The summed E-state index contributed by atoms with van der Waals surface area (Å²) >= 11 is 5.98. The molecule has 0 amide bonds. The molecule has 0 saturated carbocycles. The van der Waals surface area contributed by atoms with Gasteiger partial charge in [-0.05, 0) is 36.4 Å². The number of pyridine rings is 1. The highest BCUT2D eigenvalue weighted by molar-refractivity contribution is 6.29. The molecule has 4 nitrogen and oxygen atoms in total. The van der Waals surface area contributed by atoms with Crippen LogP contribution in [0.3, 0.4) is 0 Å². The zero-order valence-corrected chi connectivity index (χ0v) is 12.8. The average Bonchev–Trinajstić information content (AvgIpc) is 2.55. The lowest BCUT2D eigenvalue weighted by atomic mass is 10.2. The Bertz CT molecular complexity index is 836. The minimum absolute atomic E-state index is 0.195. The number of hydrogen-bond acceptors (Lipinski definition) is 4. The van der Waals surface area contributed by atoms with Crippen molar-refractivity contribution in [1.82, 2.24) is 15.0 Å². The van der Waals surface area contributed by atoms with E-state index in [9.17, 15) is 13.2 Å². The Morgan fingerprint density at radius 2 is 1.71 bits per heavy atom. The third-order valence-electron chi connectivity index (χ3n) is 3.07. The van der Waals surface area contributed by atoms with Gasteiger partial charge in [0, 0.05) is 18.0 Å². The number of benzene rings is 1. The predicted octanol–water partition coefficient (Wildman–Crippen LogP) is 4.95. The van der Waals surface area contributed by atoms with Gasteiger partial charge >= 0.3 is 6.18 Å². The molecule has 0 aliphatic rings. The number of alkyl halides is 3. The van der Waals surface area contributed by atoms with E-state index in [0.717, 1.165) is 12.1 Å². The summed E-state index contributed by atoms with van der Waals surface area (Å²) in [6.07, 6.45) is -2.77. The van der Waals surface area contributed by atoms with Crippen LogP contribution in [0.25, 0.3) is 11.5 Å². The van der Waals surface area contributed by atoms with Crippen molar-refractivity contribution >= 4 is 23.1 Å². The topological polar surface area (TPSA) is 50.7 Å². The van der Waals surface area contributed by atoms with Crippen molar-refractivity contribution < 1.29 is 13.2 Å². The van der Waals surface area contributed by atoms with Crippen LogP contribution in [-0.2, 0) is 6.18 Å². The Morgan fingerprint density at radius 3 is 2.33 bits per heavy atom. The van der Waals surface area contributed by atoms with E-state index in [2.05, 4.69) is 20.3 Å². The van der Waals surface area contributed by atoms with Gasteiger partial charge in [0.15, 0.2) is 5.82 Å². The van der Waals surface area contributed by atoms with Gasteiger partial charge < -0.3 is 5.32 Å². The predicted molar refractivity (Wildman–Crippen MR) is 85.0 cm³/mol. The minimum atomic E-state index is -4.37. The molecule has 3 aromatic rings. The molecule has 0 spiro atoms. The molecule has 0 aliphatic carbocycles. The van der Waals surface area contributed by atoms with E-state index in [1.165, 1.54) is 18.2 Å². The van der Waals surface area contributed by atoms with E-state index in [0.29, 0.717) is 23.0 Å². The van der Waals surface area contributed by atoms with Crippen molar-refractivity contribution in [2.45, 2.75) is 6.18 Å². The van der Waals surface area contributed by atoms with Crippen LogP contribution >= 0.6 is 11.6 Å². The summed E-state index contributed by atoms with van der Waals surface area (Å²) in [5, 5.41) is 3.10. The molecule has 3 rings (SSSR count).